The van der Waals surface area contributed by atoms with E-state index in [9.17, 15) is 14.4 Å². The Balaban J connectivity index is 1.37. The number of benzene rings is 3. The fourth-order valence-corrected chi connectivity index (χ4v) is 5.42. The molecule has 3 aromatic rings. The van der Waals surface area contributed by atoms with E-state index in [2.05, 4.69) is 5.32 Å². The van der Waals surface area contributed by atoms with Crippen LogP contribution in [0.1, 0.15) is 23.7 Å². The minimum atomic E-state index is -0.418. The van der Waals surface area contributed by atoms with Crippen LogP contribution in [0.4, 0.5) is 17.1 Å². The van der Waals surface area contributed by atoms with Crippen LogP contribution in [0.5, 0.6) is 0 Å². The third kappa shape index (κ3) is 4.00. The second-order valence-electron chi connectivity index (χ2n) is 8.06. The third-order valence-corrected chi connectivity index (χ3v) is 7.10. The zero-order valence-electron chi connectivity index (χ0n) is 18.2. The molecule has 0 aromatic heterocycles. The van der Waals surface area contributed by atoms with Crippen molar-refractivity contribution in [3.63, 3.8) is 0 Å². The first kappa shape index (κ1) is 21.3. The normalized spacial score (nSPS) is 17.4. The maximum absolute atomic E-state index is 13.1. The molecule has 3 amide bonds. The summed E-state index contributed by atoms with van der Waals surface area (Å²) in [6, 6.07) is 22.6. The Morgan fingerprint density at radius 3 is 2.55 bits per heavy atom. The van der Waals surface area contributed by atoms with E-state index in [1.165, 1.54) is 11.8 Å². The molecule has 2 aliphatic rings. The summed E-state index contributed by atoms with van der Waals surface area (Å²) >= 11 is 1.52. The fraction of sp³-hybridized carbons (Fsp3) is 0.192. The number of fused-ring (bicyclic) bond motifs is 2. The van der Waals surface area contributed by atoms with Gasteiger partial charge in [0.2, 0.25) is 11.8 Å². The minimum absolute atomic E-state index is 0.0263. The predicted octanol–water partition coefficient (Wildman–Crippen LogP) is 4.81. The Bertz CT molecular complexity index is 1240. The molecule has 5 rings (SSSR count). The number of hydrogen-bond acceptors (Lipinski definition) is 4. The van der Waals surface area contributed by atoms with Gasteiger partial charge in [0.25, 0.3) is 5.91 Å². The van der Waals surface area contributed by atoms with Gasteiger partial charge in [-0.25, -0.2) is 0 Å². The molecule has 0 saturated carbocycles. The Labute approximate surface area is 196 Å². The van der Waals surface area contributed by atoms with Crippen molar-refractivity contribution >= 4 is 46.5 Å². The summed E-state index contributed by atoms with van der Waals surface area (Å²) in [5.41, 5.74) is 2.96. The highest BCUT2D eigenvalue weighted by atomic mass is 32.2. The maximum Gasteiger partial charge on any atom is 0.259 e. The number of rotatable bonds is 4. The Kier molecular flexibility index (Phi) is 5.64. The lowest BCUT2D eigenvalue weighted by Crippen LogP contribution is -2.30. The Morgan fingerprint density at radius 1 is 1.00 bits per heavy atom. The molecule has 3 aromatic carbocycles. The van der Waals surface area contributed by atoms with Crippen LogP contribution in [0.3, 0.4) is 0 Å². The van der Waals surface area contributed by atoms with Gasteiger partial charge in [0, 0.05) is 40.7 Å². The van der Waals surface area contributed by atoms with E-state index in [-0.39, 0.29) is 24.1 Å². The molecule has 1 saturated heterocycles. The SMILES string of the molecule is CCN1C(=O)c2ccccc2Sc2cc(NC(=O)[C@H]3CC(=O)N(c4ccccc4)C3)ccc21. The molecule has 6 nitrogen and oxygen atoms in total. The zero-order valence-corrected chi connectivity index (χ0v) is 19.0. The summed E-state index contributed by atoms with van der Waals surface area (Å²) in [7, 11) is 0. The quantitative estimate of drug-likeness (QED) is 0.611. The van der Waals surface area contributed by atoms with E-state index >= 15 is 0 Å². The average Bonchev–Trinajstić information content (AvgIpc) is 3.18. The van der Waals surface area contributed by atoms with Crippen LogP contribution < -0.4 is 15.1 Å². The number of para-hydroxylation sites is 1. The first-order chi connectivity index (χ1) is 16.0. The molecule has 0 bridgehead atoms. The summed E-state index contributed by atoms with van der Waals surface area (Å²) in [5.74, 6) is -0.670. The van der Waals surface area contributed by atoms with Gasteiger partial charge in [-0.05, 0) is 49.4 Å². The van der Waals surface area contributed by atoms with Crippen molar-refractivity contribution in [2.45, 2.75) is 23.1 Å². The van der Waals surface area contributed by atoms with Crippen molar-refractivity contribution in [3.05, 3.63) is 78.4 Å². The minimum Gasteiger partial charge on any atom is -0.326 e. The average molecular weight is 458 g/mol. The highest BCUT2D eigenvalue weighted by Gasteiger charge is 2.35. The number of nitrogens with zero attached hydrogens (tertiary/aromatic N) is 2. The first-order valence-electron chi connectivity index (χ1n) is 10.9. The molecule has 1 fully saturated rings. The van der Waals surface area contributed by atoms with Crippen LogP contribution in [0, 0.1) is 5.92 Å². The van der Waals surface area contributed by atoms with Gasteiger partial charge in [-0.2, -0.15) is 0 Å². The molecular weight excluding hydrogens is 434 g/mol. The highest BCUT2D eigenvalue weighted by Crippen LogP contribution is 2.42. The smallest absolute Gasteiger partial charge is 0.259 e. The number of anilines is 3. The second kappa shape index (κ2) is 8.75. The van der Waals surface area contributed by atoms with Gasteiger partial charge in [0.15, 0.2) is 0 Å². The van der Waals surface area contributed by atoms with Gasteiger partial charge in [-0.3, -0.25) is 14.4 Å². The van der Waals surface area contributed by atoms with E-state index in [0.29, 0.717) is 24.3 Å². The monoisotopic (exact) mass is 457 g/mol. The van der Waals surface area contributed by atoms with Crippen LogP contribution in [0.15, 0.2) is 82.6 Å². The lowest BCUT2D eigenvalue weighted by atomic mass is 10.1. The third-order valence-electron chi connectivity index (χ3n) is 5.98. The molecule has 1 atom stereocenters. The van der Waals surface area contributed by atoms with Gasteiger partial charge in [-0.1, -0.05) is 42.1 Å². The standard InChI is InChI=1S/C26H23N3O3S/c1-2-28-21-13-12-18(15-23(21)33-22-11-7-6-10-20(22)26(28)32)27-25(31)17-14-24(30)29(16-17)19-8-4-3-5-9-19/h3-13,15,17H,2,14,16H2,1H3,(H,27,31)/t17-/m0/s1. The van der Waals surface area contributed by atoms with Gasteiger partial charge < -0.3 is 15.1 Å². The van der Waals surface area contributed by atoms with Crippen LogP contribution in [0.25, 0.3) is 0 Å². The molecule has 0 aliphatic carbocycles. The number of nitrogens with one attached hydrogen (secondary N) is 1. The Morgan fingerprint density at radius 2 is 1.76 bits per heavy atom. The number of hydrogen-bond donors (Lipinski definition) is 1. The van der Waals surface area contributed by atoms with Crippen LogP contribution in [-0.4, -0.2) is 30.8 Å². The molecule has 0 unspecified atom stereocenters. The van der Waals surface area contributed by atoms with Gasteiger partial charge in [0.1, 0.15) is 0 Å². The summed E-state index contributed by atoms with van der Waals surface area (Å²) in [6.07, 6.45) is 0.186. The number of carbonyl (C=O) groups is 3. The van der Waals surface area contributed by atoms with E-state index in [1.54, 1.807) is 9.80 Å². The molecule has 2 heterocycles. The van der Waals surface area contributed by atoms with Crippen molar-refractivity contribution in [3.8, 4) is 0 Å². The molecule has 166 valence electrons. The van der Waals surface area contributed by atoms with E-state index in [1.807, 2.05) is 79.7 Å². The predicted molar refractivity (Wildman–Crippen MR) is 130 cm³/mol. The van der Waals surface area contributed by atoms with E-state index < -0.39 is 5.92 Å². The lowest BCUT2D eigenvalue weighted by molar-refractivity contribution is -0.122. The van der Waals surface area contributed by atoms with E-state index in [0.717, 1.165) is 21.2 Å². The second-order valence-corrected chi connectivity index (χ2v) is 9.14. The summed E-state index contributed by atoms with van der Waals surface area (Å²) < 4.78 is 0. The molecule has 0 spiro atoms. The van der Waals surface area contributed by atoms with Gasteiger partial charge >= 0.3 is 0 Å². The van der Waals surface area contributed by atoms with Crippen LogP contribution >= 0.6 is 11.8 Å². The molecule has 2 aliphatic heterocycles. The van der Waals surface area contributed by atoms with Gasteiger partial charge in [-0.15, -0.1) is 0 Å². The van der Waals surface area contributed by atoms with E-state index in [4.69, 9.17) is 0 Å². The fourth-order valence-electron chi connectivity index (χ4n) is 4.30. The molecular formula is C26H23N3O3S. The summed E-state index contributed by atoms with van der Waals surface area (Å²) in [6.45, 7) is 2.86. The number of carbonyl (C=O) groups excluding carboxylic acids is 3. The van der Waals surface area contributed by atoms with Crippen molar-refractivity contribution in [2.75, 3.05) is 28.2 Å². The highest BCUT2D eigenvalue weighted by molar-refractivity contribution is 7.99. The summed E-state index contributed by atoms with van der Waals surface area (Å²) in [5, 5.41) is 2.98. The van der Waals surface area contributed by atoms with Crippen molar-refractivity contribution < 1.29 is 14.4 Å². The molecule has 33 heavy (non-hydrogen) atoms. The first-order valence-corrected chi connectivity index (χ1v) is 11.8. The number of amides is 3. The largest absolute Gasteiger partial charge is 0.326 e. The van der Waals surface area contributed by atoms with Gasteiger partial charge in [0.05, 0.1) is 17.2 Å². The molecule has 7 heteroatoms. The zero-order chi connectivity index (χ0) is 22.9. The van der Waals surface area contributed by atoms with Crippen molar-refractivity contribution in [1.82, 2.24) is 0 Å². The van der Waals surface area contributed by atoms with Crippen molar-refractivity contribution in [1.29, 1.82) is 0 Å². The molecule has 1 N–H and O–H groups in total. The topological polar surface area (TPSA) is 69.7 Å². The van der Waals surface area contributed by atoms with Crippen LogP contribution in [-0.2, 0) is 9.59 Å². The van der Waals surface area contributed by atoms with Crippen LogP contribution in [0.2, 0.25) is 0 Å². The summed E-state index contributed by atoms with van der Waals surface area (Å²) in [4.78, 5) is 43.7. The Hall–Kier alpha value is -3.58. The van der Waals surface area contributed by atoms with Crippen molar-refractivity contribution in [2.24, 2.45) is 5.92 Å². The maximum atomic E-state index is 13.1. The lowest BCUT2D eigenvalue weighted by Gasteiger charge is -2.21. The molecule has 0 radical (unpaired) electrons.